The number of carbonyl (C=O) groups is 1. The van der Waals surface area contributed by atoms with Crippen molar-refractivity contribution < 1.29 is 4.79 Å². The molecule has 2 aromatic carbocycles. The van der Waals surface area contributed by atoms with Crippen LogP contribution < -0.4 is 11.2 Å². The fourth-order valence-electron chi connectivity index (χ4n) is 2.62. The molecule has 0 aliphatic carbocycles. The second kappa shape index (κ2) is 8.33. The molecule has 0 unspecified atom stereocenters. The number of thioether (sulfide) groups is 1. The van der Waals surface area contributed by atoms with Crippen molar-refractivity contribution in [1.82, 2.24) is 14.9 Å². The van der Waals surface area contributed by atoms with Crippen molar-refractivity contribution in [3.63, 3.8) is 0 Å². The molecule has 0 radical (unpaired) electrons. The smallest absolute Gasteiger partial charge is 0.234 e. The quantitative estimate of drug-likeness (QED) is 0.429. The molecule has 1 amide bonds. The lowest BCUT2D eigenvalue weighted by atomic mass is 10.1. The first kappa shape index (κ1) is 19.7. The van der Waals surface area contributed by atoms with E-state index in [-0.39, 0.29) is 11.7 Å². The lowest BCUT2D eigenvalue weighted by Crippen LogP contribution is -2.17. The highest BCUT2D eigenvalue weighted by molar-refractivity contribution is 9.10. The maximum atomic E-state index is 12.4. The minimum absolute atomic E-state index is 0.143. The van der Waals surface area contributed by atoms with Crippen molar-refractivity contribution in [2.75, 3.05) is 16.9 Å². The fourth-order valence-corrected chi connectivity index (χ4v) is 4.18. The van der Waals surface area contributed by atoms with Gasteiger partial charge < -0.3 is 11.2 Å². The molecule has 0 saturated heterocycles. The zero-order valence-corrected chi connectivity index (χ0v) is 17.8. The van der Waals surface area contributed by atoms with Crippen LogP contribution in [0.25, 0.3) is 11.4 Å². The maximum Gasteiger partial charge on any atom is 0.234 e. The molecule has 27 heavy (non-hydrogen) atoms. The van der Waals surface area contributed by atoms with Gasteiger partial charge in [-0.1, -0.05) is 51.4 Å². The van der Waals surface area contributed by atoms with E-state index in [4.69, 9.17) is 17.4 Å². The summed E-state index contributed by atoms with van der Waals surface area (Å²) in [7, 11) is 0. The number of nitrogens with two attached hydrogens (primary N) is 1. The number of nitrogens with one attached hydrogen (secondary N) is 1. The van der Waals surface area contributed by atoms with Crippen LogP contribution in [-0.4, -0.2) is 26.5 Å². The van der Waals surface area contributed by atoms with Crippen LogP contribution in [0.2, 0.25) is 5.02 Å². The molecular formula is C18H17BrClN5OS. The minimum Gasteiger partial charge on any atom is -0.335 e. The van der Waals surface area contributed by atoms with Crippen LogP contribution in [0.3, 0.4) is 0 Å². The summed E-state index contributed by atoms with van der Waals surface area (Å²) in [4.78, 5) is 12.4. The molecule has 0 fully saturated rings. The largest absolute Gasteiger partial charge is 0.335 e. The highest BCUT2D eigenvalue weighted by Gasteiger charge is 2.16. The lowest BCUT2D eigenvalue weighted by Gasteiger charge is -2.12. The average Bonchev–Trinajstić information content (AvgIpc) is 2.97. The standard InChI is InChI=1S/C18H17BrClN5OS/c1-10-7-12(19)8-11(2)16(10)22-15(26)9-27-18-24-23-17(25(18)21)13-5-3-4-6-14(13)20/h3-8H,9,21H2,1-2H3,(H,22,26). The highest BCUT2D eigenvalue weighted by Crippen LogP contribution is 2.28. The summed E-state index contributed by atoms with van der Waals surface area (Å²) < 4.78 is 2.32. The summed E-state index contributed by atoms with van der Waals surface area (Å²) in [5.41, 5.74) is 3.48. The van der Waals surface area contributed by atoms with Crippen LogP contribution >= 0.6 is 39.3 Å². The molecule has 3 aromatic rings. The Morgan fingerprint density at radius 3 is 2.59 bits per heavy atom. The monoisotopic (exact) mass is 465 g/mol. The van der Waals surface area contributed by atoms with E-state index in [2.05, 4.69) is 31.4 Å². The molecule has 9 heteroatoms. The molecular weight excluding hydrogens is 450 g/mol. The molecule has 3 N–H and O–H groups in total. The molecule has 0 aliphatic heterocycles. The predicted molar refractivity (Wildman–Crippen MR) is 114 cm³/mol. The molecule has 0 bridgehead atoms. The van der Waals surface area contributed by atoms with Crippen LogP contribution in [0, 0.1) is 13.8 Å². The number of halogens is 2. The van der Waals surface area contributed by atoms with Gasteiger partial charge in [-0.3, -0.25) is 4.79 Å². The van der Waals surface area contributed by atoms with Crippen molar-refractivity contribution in [2.45, 2.75) is 19.0 Å². The van der Waals surface area contributed by atoms with Gasteiger partial charge in [-0.25, -0.2) is 4.68 Å². The number of nitrogen functional groups attached to an aromatic ring is 1. The van der Waals surface area contributed by atoms with Gasteiger partial charge in [0.05, 0.1) is 10.8 Å². The first-order valence-electron chi connectivity index (χ1n) is 8.01. The van der Waals surface area contributed by atoms with Gasteiger partial charge in [-0.05, 0) is 49.2 Å². The minimum atomic E-state index is -0.143. The third kappa shape index (κ3) is 4.45. The van der Waals surface area contributed by atoms with Crippen LogP contribution in [0.5, 0.6) is 0 Å². The van der Waals surface area contributed by atoms with Gasteiger partial charge in [0.15, 0.2) is 5.82 Å². The Labute approximate surface area is 174 Å². The maximum absolute atomic E-state index is 12.4. The Balaban J connectivity index is 1.69. The van der Waals surface area contributed by atoms with Crippen molar-refractivity contribution in [3.05, 3.63) is 57.0 Å². The van der Waals surface area contributed by atoms with E-state index in [1.165, 1.54) is 16.4 Å². The molecule has 3 rings (SSSR count). The van der Waals surface area contributed by atoms with Gasteiger partial charge in [0.25, 0.3) is 0 Å². The predicted octanol–water partition coefficient (Wildman–Crippen LogP) is 4.42. The first-order chi connectivity index (χ1) is 12.9. The summed E-state index contributed by atoms with van der Waals surface area (Å²) in [6.07, 6.45) is 0. The van der Waals surface area contributed by atoms with E-state index < -0.39 is 0 Å². The number of nitrogens with zero attached hydrogens (tertiary/aromatic N) is 3. The van der Waals surface area contributed by atoms with Crippen molar-refractivity contribution in [1.29, 1.82) is 0 Å². The number of aryl methyl sites for hydroxylation is 2. The molecule has 1 aromatic heterocycles. The van der Waals surface area contributed by atoms with Gasteiger partial charge in [-0.2, -0.15) is 0 Å². The Kier molecular flexibility index (Phi) is 6.08. The number of rotatable bonds is 5. The van der Waals surface area contributed by atoms with Crippen LogP contribution in [0.1, 0.15) is 11.1 Å². The molecule has 1 heterocycles. The van der Waals surface area contributed by atoms with Gasteiger partial charge in [0.1, 0.15) is 0 Å². The Bertz CT molecular complexity index is 984. The Hall–Kier alpha value is -2.03. The molecule has 0 aliphatic rings. The summed E-state index contributed by atoms with van der Waals surface area (Å²) in [5, 5.41) is 12.1. The van der Waals surface area contributed by atoms with Gasteiger partial charge >= 0.3 is 0 Å². The van der Waals surface area contributed by atoms with E-state index in [1.54, 1.807) is 6.07 Å². The lowest BCUT2D eigenvalue weighted by molar-refractivity contribution is -0.113. The number of anilines is 1. The van der Waals surface area contributed by atoms with Gasteiger partial charge in [0.2, 0.25) is 11.1 Å². The van der Waals surface area contributed by atoms with Crippen molar-refractivity contribution in [2.24, 2.45) is 0 Å². The van der Waals surface area contributed by atoms with Gasteiger partial charge in [-0.15, -0.1) is 10.2 Å². The third-order valence-corrected chi connectivity index (χ3v) is 5.60. The molecule has 0 spiro atoms. The zero-order valence-electron chi connectivity index (χ0n) is 14.7. The van der Waals surface area contributed by atoms with E-state index in [0.29, 0.717) is 21.6 Å². The van der Waals surface area contributed by atoms with E-state index in [0.717, 1.165) is 21.3 Å². The molecule has 140 valence electrons. The second-order valence-electron chi connectivity index (χ2n) is 5.91. The molecule has 0 saturated carbocycles. The number of carbonyl (C=O) groups excluding carboxylic acids is 1. The third-order valence-electron chi connectivity index (χ3n) is 3.87. The first-order valence-corrected chi connectivity index (χ1v) is 10.2. The highest BCUT2D eigenvalue weighted by atomic mass is 79.9. The van der Waals surface area contributed by atoms with Crippen LogP contribution in [0.15, 0.2) is 46.0 Å². The normalized spacial score (nSPS) is 10.8. The molecule has 6 nitrogen and oxygen atoms in total. The number of hydrogen-bond donors (Lipinski definition) is 2. The second-order valence-corrected chi connectivity index (χ2v) is 8.17. The summed E-state index contributed by atoms with van der Waals surface area (Å²) in [6, 6.07) is 11.2. The van der Waals surface area contributed by atoms with E-state index in [1.807, 2.05) is 44.2 Å². The Morgan fingerprint density at radius 2 is 1.93 bits per heavy atom. The van der Waals surface area contributed by atoms with Crippen molar-refractivity contribution >= 4 is 50.9 Å². The summed E-state index contributed by atoms with van der Waals surface area (Å²) >= 11 is 10.8. The van der Waals surface area contributed by atoms with E-state index >= 15 is 0 Å². The number of amides is 1. The SMILES string of the molecule is Cc1cc(Br)cc(C)c1NC(=O)CSc1nnc(-c2ccccc2Cl)n1N. The van der Waals surface area contributed by atoms with Crippen LogP contribution in [-0.2, 0) is 4.79 Å². The Morgan fingerprint density at radius 1 is 1.26 bits per heavy atom. The zero-order chi connectivity index (χ0) is 19.6. The van der Waals surface area contributed by atoms with E-state index in [9.17, 15) is 4.79 Å². The summed E-state index contributed by atoms with van der Waals surface area (Å²) in [5.74, 6) is 6.55. The number of hydrogen-bond acceptors (Lipinski definition) is 5. The van der Waals surface area contributed by atoms with Crippen molar-refractivity contribution in [3.8, 4) is 11.4 Å². The van der Waals surface area contributed by atoms with Gasteiger partial charge in [0, 0.05) is 15.7 Å². The average molecular weight is 467 g/mol. The number of benzene rings is 2. The molecule has 0 atom stereocenters. The number of aromatic nitrogens is 3. The fraction of sp³-hybridized carbons (Fsp3) is 0.167. The van der Waals surface area contributed by atoms with Crippen LogP contribution in [0.4, 0.5) is 5.69 Å². The topological polar surface area (TPSA) is 85.8 Å². The summed E-state index contributed by atoms with van der Waals surface area (Å²) in [6.45, 7) is 3.90.